The summed E-state index contributed by atoms with van der Waals surface area (Å²) < 4.78 is 15.8. The van der Waals surface area contributed by atoms with Crippen LogP contribution in [0.5, 0.6) is 5.75 Å². The first-order valence-corrected chi connectivity index (χ1v) is 6.86. The molecule has 22 heavy (non-hydrogen) atoms. The fraction of sp³-hybridized carbons (Fsp3) is 0.500. The first-order valence-electron chi connectivity index (χ1n) is 6.86. The Morgan fingerprint density at radius 3 is 2.82 bits per heavy atom. The zero-order valence-electron chi connectivity index (χ0n) is 12.3. The van der Waals surface area contributed by atoms with E-state index in [1.807, 2.05) is 4.90 Å². The lowest BCUT2D eigenvalue weighted by molar-refractivity contribution is -0.384. The standard InChI is InChI=1S/C14H18N2O6/c1-20-14(17)9-15-6-7-21-13(8-15)10-22-12-4-2-11(3-5-12)16(18)19/h2-5,13H,6-10H2,1H3/t13-/m1/s1. The molecule has 0 radical (unpaired) electrons. The van der Waals surface area contributed by atoms with Crippen molar-refractivity contribution < 1.29 is 23.9 Å². The molecule has 1 saturated heterocycles. The maximum absolute atomic E-state index is 11.3. The van der Waals surface area contributed by atoms with E-state index in [4.69, 9.17) is 9.47 Å². The van der Waals surface area contributed by atoms with Gasteiger partial charge in [-0.2, -0.15) is 0 Å². The Morgan fingerprint density at radius 2 is 2.18 bits per heavy atom. The molecule has 8 nitrogen and oxygen atoms in total. The van der Waals surface area contributed by atoms with Gasteiger partial charge in [-0.1, -0.05) is 0 Å². The zero-order chi connectivity index (χ0) is 15.9. The first-order chi connectivity index (χ1) is 10.6. The van der Waals surface area contributed by atoms with Gasteiger partial charge in [0, 0.05) is 25.2 Å². The monoisotopic (exact) mass is 310 g/mol. The molecule has 0 spiro atoms. The molecule has 1 aromatic rings. The van der Waals surface area contributed by atoms with Crippen LogP contribution >= 0.6 is 0 Å². The van der Waals surface area contributed by atoms with Crippen molar-refractivity contribution in [2.75, 3.05) is 40.0 Å². The van der Waals surface area contributed by atoms with Crippen molar-refractivity contribution in [3.8, 4) is 5.75 Å². The number of methoxy groups -OCH3 is 1. The molecule has 8 heteroatoms. The number of ether oxygens (including phenoxy) is 3. The summed E-state index contributed by atoms with van der Waals surface area (Å²) in [5.74, 6) is 0.260. The molecule has 0 amide bonds. The van der Waals surface area contributed by atoms with Gasteiger partial charge in [0.15, 0.2) is 0 Å². The van der Waals surface area contributed by atoms with Crippen molar-refractivity contribution in [1.82, 2.24) is 4.90 Å². The third kappa shape index (κ3) is 4.68. The number of benzene rings is 1. The number of nitro benzene ring substituents is 1. The van der Waals surface area contributed by atoms with Gasteiger partial charge in [-0.3, -0.25) is 19.8 Å². The number of carbonyl (C=O) groups excluding carboxylic acids is 1. The van der Waals surface area contributed by atoms with Crippen LogP contribution in [0.2, 0.25) is 0 Å². The zero-order valence-corrected chi connectivity index (χ0v) is 12.3. The van der Waals surface area contributed by atoms with Gasteiger partial charge >= 0.3 is 5.97 Å². The summed E-state index contributed by atoms with van der Waals surface area (Å²) in [6.45, 7) is 2.31. The van der Waals surface area contributed by atoms with Gasteiger partial charge in [0.05, 0.1) is 25.2 Å². The number of rotatable bonds is 6. The summed E-state index contributed by atoms with van der Waals surface area (Å²) in [7, 11) is 1.36. The lowest BCUT2D eigenvalue weighted by atomic mass is 10.2. The van der Waals surface area contributed by atoms with Crippen molar-refractivity contribution in [2.45, 2.75) is 6.10 Å². The highest BCUT2D eigenvalue weighted by Crippen LogP contribution is 2.18. The van der Waals surface area contributed by atoms with Crippen LogP contribution in [-0.4, -0.2) is 61.9 Å². The topological polar surface area (TPSA) is 91.1 Å². The number of non-ortho nitro benzene ring substituents is 1. The smallest absolute Gasteiger partial charge is 0.319 e. The summed E-state index contributed by atoms with van der Waals surface area (Å²) in [4.78, 5) is 23.3. The number of esters is 1. The van der Waals surface area contributed by atoms with E-state index in [9.17, 15) is 14.9 Å². The Kier molecular flexibility index (Phi) is 5.68. The third-order valence-corrected chi connectivity index (χ3v) is 3.29. The van der Waals surface area contributed by atoms with Gasteiger partial charge in [-0.05, 0) is 12.1 Å². The predicted octanol–water partition coefficient (Wildman–Crippen LogP) is 0.847. The summed E-state index contributed by atoms with van der Waals surface area (Å²) in [5, 5.41) is 10.6. The van der Waals surface area contributed by atoms with E-state index < -0.39 is 4.92 Å². The van der Waals surface area contributed by atoms with E-state index >= 15 is 0 Å². The van der Waals surface area contributed by atoms with Crippen molar-refractivity contribution in [3.05, 3.63) is 34.4 Å². The number of hydrogen-bond acceptors (Lipinski definition) is 7. The highest BCUT2D eigenvalue weighted by Gasteiger charge is 2.23. The Hall–Kier alpha value is -2.19. The largest absolute Gasteiger partial charge is 0.491 e. The van der Waals surface area contributed by atoms with Crippen molar-refractivity contribution >= 4 is 11.7 Å². The van der Waals surface area contributed by atoms with Gasteiger partial charge in [-0.25, -0.2) is 0 Å². The molecule has 0 aromatic heterocycles. The molecule has 0 N–H and O–H groups in total. The van der Waals surface area contributed by atoms with Crippen LogP contribution in [0.15, 0.2) is 24.3 Å². The van der Waals surface area contributed by atoms with E-state index in [0.717, 1.165) is 0 Å². The molecule has 120 valence electrons. The van der Waals surface area contributed by atoms with Gasteiger partial charge in [-0.15, -0.1) is 0 Å². The van der Waals surface area contributed by atoms with Crippen molar-refractivity contribution in [2.24, 2.45) is 0 Å². The van der Waals surface area contributed by atoms with Crippen LogP contribution in [0.25, 0.3) is 0 Å². The minimum Gasteiger partial charge on any atom is -0.491 e. The summed E-state index contributed by atoms with van der Waals surface area (Å²) >= 11 is 0. The second-order valence-electron chi connectivity index (χ2n) is 4.87. The maximum atomic E-state index is 11.3. The molecule has 1 heterocycles. The average molecular weight is 310 g/mol. The van der Waals surface area contributed by atoms with Gasteiger partial charge in [0.1, 0.15) is 18.5 Å². The summed E-state index contributed by atoms with van der Waals surface area (Å²) in [6, 6.07) is 5.88. The molecule has 1 aliphatic rings. The predicted molar refractivity (Wildman–Crippen MR) is 76.8 cm³/mol. The molecule has 1 fully saturated rings. The fourth-order valence-electron chi connectivity index (χ4n) is 2.13. The second kappa shape index (κ2) is 7.71. The van der Waals surface area contributed by atoms with Crippen LogP contribution < -0.4 is 4.74 Å². The maximum Gasteiger partial charge on any atom is 0.319 e. The highest BCUT2D eigenvalue weighted by molar-refractivity contribution is 5.71. The molecule has 0 bridgehead atoms. The van der Waals surface area contributed by atoms with Crippen molar-refractivity contribution in [3.63, 3.8) is 0 Å². The Morgan fingerprint density at radius 1 is 1.45 bits per heavy atom. The SMILES string of the molecule is COC(=O)CN1CCO[C@@H](COc2ccc([N+](=O)[O-])cc2)C1. The Labute approximate surface area is 127 Å². The molecule has 1 aliphatic heterocycles. The van der Waals surface area contributed by atoms with Crippen LogP contribution in [0.4, 0.5) is 5.69 Å². The van der Waals surface area contributed by atoms with Gasteiger partial charge < -0.3 is 14.2 Å². The Balaban J connectivity index is 1.80. The molecule has 0 aliphatic carbocycles. The molecular formula is C14H18N2O6. The molecule has 0 unspecified atom stereocenters. The lowest BCUT2D eigenvalue weighted by Gasteiger charge is -2.31. The molecule has 1 atom stereocenters. The summed E-state index contributed by atoms with van der Waals surface area (Å²) in [6.07, 6.45) is -0.159. The van der Waals surface area contributed by atoms with Crippen LogP contribution in [0.3, 0.4) is 0 Å². The number of nitro groups is 1. The second-order valence-corrected chi connectivity index (χ2v) is 4.87. The van der Waals surface area contributed by atoms with E-state index in [-0.39, 0.29) is 24.3 Å². The first kappa shape index (κ1) is 16.2. The molecule has 1 aromatic carbocycles. The van der Waals surface area contributed by atoms with Crippen LogP contribution in [-0.2, 0) is 14.3 Å². The quantitative estimate of drug-likeness (QED) is 0.437. The molecule has 0 saturated carbocycles. The highest BCUT2D eigenvalue weighted by atomic mass is 16.6. The summed E-state index contributed by atoms with van der Waals surface area (Å²) in [5.41, 5.74) is 0.0190. The minimum absolute atomic E-state index is 0.0190. The third-order valence-electron chi connectivity index (χ3n) is 3.29. The molecule has 2 rings (SSSR count). The van der Waals surface area contributed by atoms with E-state index in [2.05, 4.69) is 4.74 Å². The molecular weight excluding hydrogens is 292 g/mol. The number of morpholine rings is 1. The van der Waals surface area contributed by atoms with Crippen LogP contribution in [0, 0.1) is 10.1 Å². The number of nitrogens with zero attached hydrogens (tertiary/aromatic N) is 2. The van der Waals surface area contributed by atoms with Gasteiger partial charge in [0.2, 0.25) is 0 Å². The number of carbonyl (C=O) groups is 1. The fourth-order valence-corrected chi connectivity index (χ4v) is 2.13. The van der Waals surface area contributed by atoms with E-state index in [1.54, 1.807) is 12.1 Å². The van der Waals surface area contributed by atoms with E-state index in [1.165, 1.54) is 19.2 Å². The minimum atomic E-state index is -0.460. The Bertz CT molecular complexity index is 519. The number of hydrogen-bond donors (Lipinski definition) is 0. The lowest BCUT2D eigenvalue weighted by Crippen LogP contribution is -2.46. The van der Waals surface area contributed by atoms with Crippen molar-refractivity contribution in [1.29, 1.82) is 0 Å². The normalized spacial score (nSPS) is 18.7. The van der Waals surface area contributed by atoms with Gasteiger partial charge in [0.25, 0.3) is 5.69 Å². The van der Waals surface area contributed by atoms with Crippen LogP contribution in [0.1, 0.15) is 0 Å². The van der Waals surface area contributed by atoms with E-state index in [0.29, 0.717) is 32.1 Å². The average Bonchev–Trinajstić information content (AvgIpc) is 2.53.